The molecule has 7 heteroatoms. The minimum absolute atomic E-state index is 0.313. The molecule has 5 aromatic rings. The molecule has 1 amide bonds. The second-order valence-corrected chi connectivity index (χ2v) is 10.5. The number of ether oxygens (including phenoxy) is 1. The van der Waals surface area contributed by atoms with Crippen LogP contribution in [0.1, 0.15) is 35.3 Å². The van der Waals surface area contributed by atoms with Crippen molar-refractivity contribution in [3.63, 3.8) is 0 Å². The van der Waals surface area contributed by atoms with Crippen LogP contribution in [0.5, 0.6) is 0 Å². The van der Waals surface area contributed by atoms with Gasteiger partial charge < -0.3 is 15.8 Å². The molecule has 2 aromatic heterocycles. The first-order chi connectivity index (χ1) is 18.5. The van der Waals surface area contributed by atoms with Crippen LogP contribution in [0.25, 0.3) is 38.6 Å². The van der Waals surface area contributed by atoms with E-state index in [4.69, 9.17) is 15.6 Å². The topological polar surface area (TPSA) is 95.1 Å². The molecule has 0 aliphatic carbocycles. The highest BCUT2D eigenvalue weighted by molar-refractivity contribution is 6.00. The summed E-state index contributed by atoms with van der Waals surface area (Å²) in [5, 5.41) is 10.6. The van der Waals surface area contributed by atoms with E-state index in [9.17, 15) is 4.79 Å². The number of aromatic nitrogens is 3. The minimum atomic E-state index is -0.448. The Morgan fingerprint density at radius 2 is 2.00 bits per heavy atom. The maximum Gasteiger partial charge on any atom is 0.250 e. The number of carbonyl (C=O) groups is 1. The molecule has 38 heavy (non-hydrogen) atoms. The molecule has 2 aliphatic rings. The number of hydrogen-bond donors (Lipinski definition) is 2. The van der Waals surface area contributed by atoms with Gasteiger partial charge in [-0.25, -0.2) is 4.68 Å². The molecule has 2 bridgehead atoms. The zero-order valence-electron chi connectivity index (χ0n) is 21.2. The molecular weight excluding hydrogens is 474 g/mol. The standard InChI is InChI=1S/C31H29N5O2/c1-18-30-24(20-13-19-5-2-3-7-26(19)33-16-20)6-4-8-28(30)36(35-18)22-9-11-25(31(32)37)27(15-22)34-17-21-14-23-10-12-29(21)38-23/h2-9,11,13,15-16,21,23,29,34H,10,12,14,17H2,1H3,(H2,32,37)/t21-,23?,29?/m1/s1. The van der Waals surface area contributed by atoms with Crippen molar-refractivity contribution in [2.24, 2.45) is 11.7 Å². The van der Waals surface area contributed by atoms with E-state index in [1.807, 2.05) is 48.1 Å². The number of nitrogens with zero attached hydrogens (tertiary/aromatic N) is 3. The highest BCUT2D eigenvalue weighted by Gasteiger charge is 2.40. The van der Waals surface area contributed by atoms with Crippen molar-refractivity contribution >= 4 is 33.4 Å². The third-order valence-electron chi connectivity index (χ3n) is 8.08. The summed E-state index contributed by atoms with van der Waals surface area (Å²) in [6.45, 7) is 2.78. The molecule has 0 spiro atoms. The van der Waals surface area contributed by atoms with Gasteiger partial charge in [0, 0.05) is 40.7 Å². The Morgan fingerprint density at radius 3 is 2.82 bits per heavy atom. The smallest absolute Gasteiger partial charge is 0.250 e. The summed E-state index contributed by atoms with van der Waals surface area (Å²) in [6.07, 6.45) is 5.97. The number of amides is 1. The number of fused-ring (bicyclic) bond motifs is 4. The van der Waals surface area contributed by atoms with Crippen molar-refractivity contribution in [2.75, 3.05) is 11.9 Å². The number of benzene rings is 3. The Balaban J connectivity index is 1.28. The predicted molar refractivity (Wildman–Crippen MR) is 150 cm³/mol. The van der Waals surface area contributed by atoms with Crippen molar-refractivity contribution in [2.45, 2.75) is 38.4 Å². The molecule has 2 saturated heterocycles. The highest BCUT2D eigenvalue weighted by atomic mass is 16.5. The maximum atomic E-state index is 12.2. The zero-order chi connectivity index (χ0) is 25.8. The van der Waals surface area contributed by atoms with E-state index in [1.54, 1.807) is 6.07 Å². The Kier molecular flexibility index (Phi) is 5.40. The fourth-order valence-electron chi connectivity index (χ4n) is 6.23. The third kappa shape index (κ3) is 3.82. The minimum Gasteiger partial charge on any atom is -0.384 e. The summed E-state index contributed by atoms with van der Waals surface area (Å²) in [4.78, 5) is 16.9. The summed E-state index contributed by atoms with van der Waals surface area (Å²) < 4.78 is 7.96. The van der Waals surface area contributed by atoms with Gasteiger partial charge in [0.15, 0.2) is 0 Å². The third-order valence-corrected chi connectivity index (χ3v) is 8.08. The lowest BCUT2D eigenvalue weighted by molar-refractivity contribution is 0.0941. The van der Waals surface area contributed by atoms with Gasteiger partial charge in [-0.2, -0.15) is 5.10 Å². The summed E-state index contributed by atoms with van der Waals surface area (Å²) in [5.41, 5.74) is 12.9. The van der Waals surface area contributed by atoms with E-state index in [1.165, 1.54) is 0 Å². The van der Waals surface area contributed by atoms with Crippen LogP contribution in [0.3, 0.4) is 0 Å². The van der Waals surface area contributed by atoms with Gasteiger partial charge in [0.2, 0.25) is 0 Å². The van der Waals surface area contributed by atoms with E-state index in [0.29, 0.717) is 23.7 Å². The molecule has 0 saturated carbocycles. The van der Waals surface area contributed by atoms with Crippen molar-refractivity contribution in [1.29, 1.82) is 0 Å². The summed E-state index contributed by atoms with van der Waals surface area (Å²) in [5.74, 6) is -0.000122. The number of aryl methyl sites for hydroxylation is 1. The lowest BCUT2D eigenvalue weighted by Crippen LogP contribution is -2.25. The first-order valence-corrected chi connectivity index (χ1v) is 13.2. The van der Waals surface area contributed by atoms with Crippen LogP contribution in [0, 0.1) is 12.8 Å². The SMILES string of the molecule is Cc1nn(-c2ccc(C(N)=O)c(NC[C@H]3CC4CCC3O4)c2)c2cccc(-c3cnc4ccccc4c3)c12. The van der Waals surface area contributed by atoms with E-state index >= 15 is 0 Å². The fourth-order valence-corrected chi connectivity index (χ4v) is 6.23. The van der Waals surface area contributed by atoms with Crippen LogP contribution in [0.4, 0.5) is 5.69 Å². The van der Waals surface area contributed by atoms with Crippen LogP contribution in [-0.4, -0.2) is 39.4 Å². The first-order valence-electron chi connectivity index (χ1n) is 13.2. The number of para-hydroxylation sites is 1. The van der Waals surface area contributed by atoms with Gasteiger partial charge in [-0.3, -0.25) is 9.78 Å². The van der Waals surface area contributed by atoms with Gasteiger partial charge in [0.1, 0.15) is 0 Å². The number of rotatable bonds is 6. The molecule has 7 nitrogen and oxygen atoms in total. The fraction of sp³-hybridized carbons (Fsp3) is 0.258. The zero-order valence-corrected chi connectivity index (χ0v) is 21.2. The summed E-state index contributed by atoms with van der Waals surface area (Å²) in [6, 6.07) is 22.2. The quantitative estimate of drug-likeness (QED) is 0.313. The predicted octanol–water partition coefficient (Wildman–Crippen LogP) is 5.63. The molecule has 2 unspecified atom stereocenters. The van der Waals surface area contributed by atoms with E-state index in [2.05, 4.69) is 40.6 Å². The van der Waals surface area contributed by atoms with Crippen LogP contribution >= 0.6 is 0 Å². The molecule has 2 aliphatic heterocycles. The van der Waals surface area contributed by atoms with Crippen LogP contribution < -0.4 is 11.1 Å². The molecule has 7 rings (SSSR count). The number of carbonyl (C=O) groups excluding carboxylic acids is 1. The monoisotopic (exact) mass is 503 g/mol. The molecule has 3 N–H and O–H groups in total. The van der Waals surface area contributed by atoms with E-state index in [0.717, 1.165) is 75.8 Å². The average Bonchev–Trinajstić information content (AvgIpc) is 3.66. The van der Waals surface area contributed by atoms with E-state index < -0.39 is 5.91 Å². The molecule has 0 radical (unpaired) electrons. The van der Waals surface area contributed by atoms with Gasteiger partial charge in [0.25, 0.3) is 5.91 Å². The first kappa shape index (κ1) is 22.9. The van der Waals surface area contributed by atoms with Crippen molar-refractivity contribution in [1.82, 2.24) is 14.8 Å². The van der Waals surface area contributed by atoms with E-state index in [-0.39, 0.29) is 0 Å². The second kappa shape index (κ2) is 8.96. The van der Waals surface area contributed by atoms with Gasteiger partial charge in [-0.1, -0.05) is 30.3 Å². The molecule has 2 fully saturated rings. The van der Waals surface area contributed by atoms with Gasteiger partial charge >= 0.3 is 0 Å². The summed E-state index contributed by atoms with van der Waals surface area (Å²) in [7, 11) is 0. The number of pyridine rings is 1. The highest BCUT2D eigenvalue weighted by Crippen LogP contribution is 2.39. The number of hydrogen-bond acceptors (Lipinski definition) is 5. The average molecular weight is 504 g/mol. The largest absolute Gasteiger partial charge is 0.384 e. The molecule has 3 atom stereocenters. The van der Waals surface area contributed by atoms with Crippen molar-refractivity contribution in [3.8, 4) is 16.8 Å². The van der Waals surface area contributed by atoms with Crippen molar-refractivity contribution < 1.29 is 9.53 Å². The van der Waals surface area contributed by atoms with Crippen LogP contribution in [0.2, 0.25) is 0 Å². The molecular formula is C31H29N5O2. The van der Waals surface area contributed by atoms with Crippen LogP contribution in [0.15, 0.2) is 72.9 Å². The Morgan fingerprint density at radius 1 is 1.11 bits per heavy atom. The number of primary amides is 1. The lowest BCUT2D eigenvalue weighted by atomic mass is 9.89. The van der Waals surface area contributed by atoms with Crippen LogP contribution in [-0.2, 0) is 4.74 Å². The van der Waals surface area contributed by atoms with Gasteiger partial charge in [-0.05, 0) is 68.1 Å². The molecule has 4 heterocycles. The van der Waals surface area contributed by atoms with Gasteiger partial charge in [-0.15, -0.1) is 0 Å². The second-order valence-electron chi connectivity index (χ2n) is 10.5. The molecule has 190 valence electrons. The Hall–Kier alpha value is -4.23. The number of anilines is 1. The Bertz CT molecular complexity index is 1710. The maximum absolute atomic E-state index is 12.2. The summed E-state index contributed by atoms with van der Waals surface area (Å²) >= 11 is 0. The lowest BCUT2D eigenvalue weighted by Gasteiger charge is -2.21. The number of nitrogens with one attached hydrogen (secondary N) is 1. The van der Waals surface area contributed by atoms with Crippen molar-refractivity contribution in [3.05, 3.63) is 84.2 Å². The number of nitrogens with two attached hydrogens (primary N) is 1. The Labute approximate surface area is 220 Å². The van der Waals surface area contributed by atoms with Gasteiger partial charge in [0.05, 0.1) is 40.2 Å². The normalized spacial score (nSPS) is 20.4. The molecule has 3 aromatic carbocycles.